The van der Waals surface area contributed by atoms with Crippen LogP contribution in [-0.4, -0.2) is 28.1 Å². The number of alkyl halides is 1. The molecule has 0 spiro atoms. The molecule has 0 radical (unpaired) electrons. The van der Waals surface area contributed by atoms with Crippen LogP contribution < -0.4 is 0 Å². The summed E-state index contributed by atoms with van der Waals surface area (Å²) in [4.78, 5) is 36.5. The van der Waals surface area contributed by atoms with Crippen molar-refractivity contribution < 1.29 is 19.1 Å². The van der Waals surface area contributed by atoms with Gasteiger partial charge in [0.1, 0.15) is 11.6 Å². The lowest BCUT2D eigenvalue weighted by Gasteiger charge is -2.21. The molecule has 0 aromatic rings. The number of hydrogen-bond donors (Lipinski definition) is 0. The maximum atomic E-state index is 12.6. The van der Waals surface area contributed by atoms with Crippen LogP contribution in [0.2, 0.25) is 0 Å². The smallest absolute Gasteiger partial charge is 0.306 e. The molecule has 0 aliphatic heterocycles. The van der Waals surface area contributed by atoms with Gasteiger partial charge in [-0.3, -0.25) is 14.4 Å². The average molecular weight is 547 g/mol. The molecule has 1 fully saturated rings. The topological polar surface area (TPSA) is 60.4 Å². The van der Waals surface area contributed by atoms with Crippen LogP contribution in [0.4, 0.5) is 0 Å². The van der Waals surface area contributed by atoms with Crippen LogP contribution in [0.5, 0.6) is 0 Å². The summed E-state index contributed by atoms with van der Waals surface area (Å²) in [5, 5.41) is 0. The Balaban J connectivity index is 2.39. The number of Topliss-reactive ketones (excluding diaryl/α,β-unsaturated/α-hetero) is 2. The van der Waals surface area contributed by atoms with Gasteiger partial charge in [0.25, 0.3) is 0 Å². The van der Waals surface area contributed by atoms with Crippen LogP contribution in [0, 0.1) is 17.8 Å². The number of ketones is 2. The molecular formula is C26H43IO4. The molecule has 5 heteroatoms. The Morgan fingerprint density at radius 1 is 1.06 bits per heavy atom. The number of hydrogen-bond acceptors (Lipinski definition) is 4. The Labute approximate surface area is 203 Å². The molecule has 0 unspecified atom stereocenters. The van der Waals surface area contributed by atoms with Crippen molar-refractivity contribution in [3.8, 4) is 0 Å². The quantitative estimate of drug-likeness (QED) is 0.0647. The van der Waals surface area contributed by atoms with Gasteiger partial charge in [0.15, 0.2) is 0 Å². The van der Waals surface area contributed by atoms with Crippen LogP contribution in [-0.2, 0) is 19.1 Å². The van der Waals surface area contributed by atoms with Gasteiger partial charge in [-0.1, -0.05) is 67.3 Å². The average Bonchev–Trinajstić information content (AvgIpc) is 3.02. The van der Waals surface area contributed by atoms with E-state index in [1.807, 2.05) is 13.8 Å². The van der Waals surface area contributed by atoms with E-state index in [9.17, 15) is 14.4 Å². The summed E-state index contributed by atoms with van der Waals surface area (Å²) in [5.74, 6) is 1.39. The number of carbonyl (C=O) groups is 3. The molecule has 178 valence electrons. The number of esters is 1. The number of halogens is 1. The van der Waals surface area contributed by atoms with Crippen molar-refractivity contribution in [1.29, 1.82) is 0 Å². The summed E-state index contributed by atoms with van der Waals surface area (Å²) in [7, 11) is 0. The fourth-order valence-electron chi connectivity index (χ4n) is 4.47. The molecule has 3 atom stereocenters. The van der Waals surface area contributed by atoms with Crippen molar-refractivity contribution in [2.75, 3.05) is 4.43 Å². The first-order chi connectivity index (χ1) is 14.9. The van der Waals surface area contributed by atoms with E-state index in [2.05, 4.69) is 41.7 Å². The van der Waals surface area contributed by atoms with Gasteiger partial charge in [-0.15, -0.1) is 0 Å². The molecule has 1 aliphatic carbocycles. The van der Waals surface area contributed by atoms with Gasteiger partial charge in [-0.05, 0) is 57.8 Å². The van der Waals surface area contributed by atoms with Crippen molar-refractivity contribution in [1.82, 2.24) is 0 Å². The molecule has 0 aromatic carbocycles. The van der Waals surface area contributed by atoms with Crippen LogP contribution in [0.3, 0.4) is 0 Å². The van der Waals surface area contributed by atoms with E-state index >= 15 is 0 Å². The van der Waals surface area contributed by atoms with Gasteiger partial charge in [0.2, 0.25) is 0 Å². The molecule has 0 heterocycles. The van der Waals surface area contributed by atoms with Gasteiger partial charge < -0.3 is 4.74 Å². The number of allylic oxidation sites excluding steroid dienone is 2. The zero-order chi connectivity index (χ0) is 23.1. The third-order valence-corrected chi connectivity index (χ3v) is 7.32. The van der Waals surface area contributed by atoms with Crippen molar-refractivity contribution in [3.05, 3.63) is 12.2 Å². The fourth-order valence-corrected chi connectivity index (χ4v) is 5.43. The van der Waals surface area contributed by atoms with E-state index in [-0.39, 0.29) is 18.0 Å². The Morgan fingerprint density at radius 2 is 1.81 bits per heavy atom. The first-order valence-electron chi connectivity index (χ1n) is 12.3. The standard InChI is InChI=1S/C26H43IO4/c1-4-5-6-7-10-13-22(28)16-17-23-21(19-27)18-25(29)24(23)14-11-8-9-12-15-26(30)31-20(2)3/h8,11,20-21,23-24H,4-7,9-10,12-19H2,1-3H3/b11-8-/t21-,23-,24+/m0/s1. The number of unbranched alkanes of at least 4 members (excludes halogenated alkanes) is 5. The monoisotopic (exact) mass is 546 g/mol. The highest BCUT2D eigenvalue weighted by atomic mass is 127. The maximum absolute atomic E-state index is 12.6. The van der Waals surface area contributed by atoms with E-state index in [1.54, 1.807) is 0 Å². The number of rotatable bonds is 17. The molecular weight excluding hydrogens is 503 g/mol. The second-order valence-electron chi connectivity index (χ2n) is 9.23. The van der Waals surface area contributed by atoms with E-state index < -0.39 is 0 Å². The molecule has 0 saturated heterocycles. The summed E-state index contributed by atoms with van der Waals surface area (Å²) in [6.07, 6.45) is 15.6. The first-order valence-corrected chi connectivity index (χ1v) is 13.9. The lowest BCUT2D eigenvalue weighted by atomic mass is 9.83. The molecule has 31 heavy (non-hydrogen) atoms. The largest absolute Gasteiger partial charge is 0.463 e. The van der Waals surface area contributed by atoms with Crippen LogP contribution in [0.25, 0.3) is 0 Å². The van der Waals surface area contributed by atoms with Crippen LogP contribution in [0.1, 0.15) is 104 Å². The minimum atomic E-state index is -0.144. The maximum Gasteiger partial charge on any atom is 0.306 e. The summed E-state index contributed by atoms with van der Waals surface area (Å²) in [6, 6.07) is 0. The summed E-state index contributed by atoms with van der Waals surface area (Å²) < 4.78 is 6.13. The SMILES string of the molecule is CCCCCCCC(=O)CC[C@H]1[C@H](CI)CC(=O)[C@@H]1C/C=C\CCCC(=O)OC(C)C. The Kier molecular flexibility index (Phi) is 15.4. The zero-order valence-electron chi connectivity index (χ0n) is 19.9. The molecule has 0 N–H and O–H groups in total. The van der Waals surface area contributed by atoms with Crippen LogP contribution >= 0.6 is 22.6 Å². The van der Waals surface area contributed by atoms with Crippen LogP contribution in [0.15, 0.2) is 12.2 Å². The van der Waals surface area contributed by atoms with Gasteiger partial charge >= 0.3 is 5.97 Å². The highest BCUT2D eigenvalue weighted by Gasteiger charge is 2.40. The highest BCUT2D eigenvalue weighted by Crippen LogP contribution is 2.40. The summed E-state index contributed by atoms with van der Waals surface area (Å²) in [6.45, 7) is 5.92. The minimum absolute atomic E-state index is 0.0549. The van der Waals surface area contributed by atoms with E-state index in [1.165, 1.54) is 19.3 Å². The van der Waals surface area contributed by atoms with Gasteiger partial charge in [-0.2, -0.15) is 0 Å². The van der Waals surface area contributed by atoms with Gasteiger partial charge in [0, 0.05) is 36.0 Å². The predicted molar refractivity (Wildman–Crippen MR) is 135 cm³/mol. The minimum Gasteiger partial charge on any atom is -0.463 e. The number of ether oxygens (including phenoxy) is 1. The third kappa shape index (κ3) is 12.2. The van der Waals surface area contributed by atoms with Crippen molar-refractivity contribution >= 4 is 40.1 Å². The summed E-state index contributed by atoms with van der Waals surface area (Å²) >= 11 is 2.39. The third-order valence-electron chi connectivity index (χ3n) is 6.19. The summed E-state index contributed by atoms with van der Waals surface area (Å²) in [5.41, 5.74) is 0. The van der Waals surface area contributed by atoms with E-state index in [0.717, 1.165) is 43.0 Å². The lowest BCUT2D eigenvalue weighted by Crippen LogP contribution is -2.19. The second kappa shape index (κ2) is 16.8. The molecule has 4 nitrogen and oxygen atoms in total. The van der Waals surface area contributed by atoms with Gasteiger partial charge in [0.05, 0.1) is 6.10 Å². The second-order valence-corrected chi connectivity index (χ2v) is 10.1. The lowest BCUT2D eigenvalue weighted by molar-refractivity contribution is -0.147. The molecule has 1 rings (SSSR count). The first kappa shape index (κ1) is 28.3. The molecule has 0 bridgehead atoms. The highest BCUT2D eigenvalue weighted by molar-refractivity contribution is 14.1. The van der Waals surface area contributed by atoms with Crippen molar-refractivity contribution in [2.24, 2.45) is 17.8 Å². The van der Waals surface area contributed by atoms with Crippen molar-refractivity contribution in [3.63, 3.8) is 0 Å². The molecule has 0 aromatic heterocycles. The van der Waals surface area contributed by atoms with E-state index in [0.29, 0.717) is 49.1 Å². The Bertz CT molecular complexity index is 570. The Morgan fingerprint density at radius 3 is 2.48 bits per heavy atom. The Hall–Kier alpha value is -0.720. The fraction of sp³-hybridized carbons (Fsp3) is 0.808. The predicted octanol–water partition coefficient (Wildman–Crippen LogP) is 7.02. The van der Waals surface area contributed by atoms with Gasteiger partial charge in [-0.25, -0.2) is 0 Å². The number of carbonyl (C=O) groups excluding carboxylic acids is 3. The molecule has 1 aliphatic rings. The zero-order valence-corrected chi connectivity index (χ0v) is 22.0. The normalized spacial score (nSPS) is 21.3. The van der Waals surface area contributed by atoms with E-state index in [4.69, 9.17) is 4.74 Å². The molecule has 1 saturated carbocycles. The molecule has 0 amide bonds. The van der Waals surface area contributed by atoms with Crippen molar-refractivity contribution in [2.45, 2.75) is 110 Å².